The maximum absolute atomic E-state index is 13.4. The van der Waals surface area contributed by atoms with E-state index < -0.39 is 0 Å². The molecule has 1 saturated heterocycles. The summed E-state index contributed by atoms with van der Waals surface area (Å²) in [5.41, 5.74) is 6.15. The van der Waals surface area contributed by atoms with Crippen LogP contribution in [-0.4, -0.2) is 48.9 Å². The van der Waals surface area contributed by atoms with Crippen LogP contribution in [0.5, 0.6) is 0 Å². The molecule has 7 nitrogen and oxygen atoms in total. The Morgan fingerprint density at radius 2 is 1.85 bits per heavy atom. The fourth-order valence-electron chi connectivity index (χ4n) is 8.83. The highest BCUT2D eigenvalue weighted by Gasteiger charge is 2.58. The molecule has 2 aromatic carbocycles. The number of ether oxygens (including phenoxy) is 2. The lowest BCUT2D eigenvalue weighted by Crippen LogP contribution is -2.44. The van der Waals surface area contributed by atoms with Crippen LogP contribution in [0.2, 0.25) is 0 Å². The minimum atomic E-state index is -0.253. The topological polar surface area (TPSA) is 84.9 Å². The first-order valence-corrected chi connectivity index (χ1v) is 15.5. The molecule has 3 aliphatic carbocycles. The molecule has 216 valence electrons. The van der Waals surface area contributed by atoms with Gasteiger partial charge in [0.1, 0.15) is 12.4 Å². The maximum Gasteiger partial charge on any atom is 0.338 e. The number of aryl methyl sites for hydroxylation is 1. The number of morpholine rings is 1. The van der Waals surface area contributed by atoms with Crippen LogP contribution in [0.4, 0.5) is 11.4 Å². The van der Waals surface area contributed by atoms with E-state index in [2.05, 4.69) is 30.4 Å². The molecule has 2 heterocycles. The number of benzene rings is 2. The zero-order valence-corrected chi connectivity index (χ0v) is 24.0. The van der Waals surface area contributed by atoms with Crippen molar-refractivity contribution in [2.45, 2.75) is 70.8 Å². The number of fused-ring (bicyclic) bond motifs is 6. The van der Waals surface area contributed by atoms with Crippen LogP contribution in [0.1, 0.15) is 84.8 Å². The van der Waals surface area contributed by atoms with E-state index in [1.165, 1.54) is 11.1 Å². The maximum atomic E-state index is 13.4. The van der Waals surface area contributed by atoms with Gasteiger partial charge >= 0.3 is 5.97 Å². The van der Waals surface area contributed by atoms with Gasteiger partial charge < -0.3 is 19.7 Å². The molecule has 5 aliphatic rings. The minimum absolute atomic E-state index is 0.215. The zero-order chi connectivity index (χ0) is 28.1. The molecule has 2 aromatic rings. The van der Waals surface area contributed by atoms with Gasteiger partial charge in [-0.05, 0) is 97.6 Å². The predicted molar refractivity (Wildman–Crippen MR) is 155 cm³/mol. The third kappa shape index (κ3) is 4.76. The quantitative estimate of drug-likeness (QED) is 0.454. The predicted octanol–water partition coefficient (Wildman–Crippen LogP) is 5.78. The van der Waals surface area contributed by atoms with Gasteiger partial charge in [0.2, 0.25) is 5.91 Å². The first kappa shape index (κ1) is 26.7. The number of nitrogens with zero attached hydrogens (tertiary/aromatic N) is 1. The number of esters is 1. The number of ketones is 1. The van der Waals surface area contributed by atoms with Crippen LogP contribution < -0.4 is 5.32 Å². The Hall–Kier alpha value is -3.19. The van der Waals surface area contributed by atoms with Crippen molar-refractivity contribution in [3.05, 3.63) is 58.7 Å². The third-order valence-electron chi connectivity index (χ3n) is 10.9. The van der Waals surface area contributed by atoms with Gasteiger partial charge in [-0.15, -0.1) is 0 Å². The number of hydrogen-bond donors (Lipinski definition) is 1. The van der Waals surface area contributed by atoms with Crippen molar-refractivity contribution < 1.29 is 23.9 Å². The third-order valence-corrected chi connectivity index (χ3v) is 10.9. The van der Waals surface area contributed by atoms with E-state index in [4.69, 9.17) is 9.47 Å². The summed E-state index contributed by atoms with van der Waals surface area (Å²) in [5, 5.41) is 3.50. The van der Waals surface area contributed by atoms with Crippen molar-refractivity contribution in [3.63, 3.8) is 0 Å². The molecule has 0 unspecified atom stereocenters. The molecule has 2 saturated carbocycles. The fraction of sp³-hybridized carbons (Fsp3) is 0.559. The van der Waals surface area contributed by atoms with Crippen molar-refractivity contribution in [2.75, 3.05) is 31.6 Å². The van der Waals surface area contributed by atoms with Gasteiger partial charge in [0, 0.05) is 48.3 Å². The Morgan fingerprint density at radius 3 is 2.71 bits per heavy atom. The van der Waals surface area contributed by atoms with Gasteiger partial charge in [0.15, 0.2) is 0 Å². The number of Topliss-reactive ketones (excluding diaryl/α,β-unsaturated/α-hetero) is 1. The molecule has 0 spiro atoms. The van der Waals surface area contributed by atoms with Crippen LogP contribution >= 0.6 is 0 Å². The Bertz CT molecular complexity index is 1380. The first-order chi connectivity index (χ1) is 19.9. The molecule has 0 bridgehead atoms. The highest BCUT2D eigenvalue weighted by Crippen LogP contribution is 2.62. The Kier molecular flexibility index (Phi) is 6.88. The Morgan fingerprint density at radius 1 is 1.05 bits per heavy atom. The van der Waals surface area contributed by atoms with Gasteiger partial charge in [-0.1, -0.05) is 19.1 Å². The number of anilines is 2. The summed E-state index contributed by atoms with van der Waals surface area (Å²) in [7, 11) is 0. The van der Waals surface area contributed by atoms with Gasteiger partial charge in [0.25, 0.3) is 0 Å². The monoisotopic (exact) mass is 556 g/mol. The smallest absolute Gasteiger partial charge is 0.338 e. The van der Waals surface area contributed by atoms with Crippen molar-refractivity contribution in [3.8, 4) is 0 Å². The van der Waals surface area contributed by atoms with Crippen LogP contribution in [-0.2, 0) is 32.1 Å². The molecule has 41 heavy (non-hydrogen) atoms. The lowest BCUT2D eigenvalue weighted by atomic mass is 9.54. The number of amides is 1. The summed E-state index contributed by atoms with van der Waals surface area (Å²) < 4.78 is 10.5. The lowest BCUT2D eigenvalue weighted by molar-refractivity contribution is -0.135. The normalized spacial score (nSPS) is 30.2. The zero-order valence-electron chi connectivity index (χ0n) is 24.0. The summed E-state index contributed by atoms with van der Waals surface area (Å²) in [6, 6.07) is 12.6. The number of hydrogen-bond acceptors (Lipinski definition) is 6. The van der Waals surface area contributed by atoms with Crippen LogP contribution in [0, 0.1) is 23.2 Å². The lowest BCUT2D eigenvalue weighted by Gasteiger charge is -2.50. The SMILES string of the molecule is C[C@]12CC[C@@H]3c4ccc(Nc5ccc6c(c5)C(=O)OC6)cc4CC[C@H]3[C@@H]1[C@@H](CCCC(=O)N1CCOCC1)CC2=O. The van der Waals surface area contributed by atoms with Crippen molar-refractivity contribution >= 4 is 29.0 Å². The molecule has 0 aromatic heterocycles. The molecule has 5 atom stereocenters. The molecule has 1 amide bonds. The van der Waals surface area contributed by atoms with Crippen molar-refractivity contribution in [1.29, 1.82) is 0 Å². The molecule has 7 heteroatoms. The molecular formula is C34H40N2O5. The first-order valence-electron chi connectivity index (χ1n) is 15.5. The van der Waals surface area contributed by atoms with Gasteiger partial charge in [-0.3, -0.25) is 9.59 Å². The second-order valence-electron chi connectivity index (χ2n) is 13.1. The van der Waals surface area contributed by atoms with Crippen molar-refractivity contribution in [2.24, 2.45) is 23.2 Å². The number of nitrogens with one attached hydrogen (secondary N) is 1. The molecule has 1 N–H and O–H groups in total. The minimum Gasteiger partial charge on any atom is -0.457 e. The van der Waals surface area contributed by atoms with E-state index in [1.807, 2.05) is 23.1 Å². The summed E-state index contributed by atoms with van der Waals surface area (Å²) in [6.07, 6.45) is 7.25. The summed E-state index contributed by atoms with van der Waals surface area (Å²) in [4.78, 5) is 40.1. The molecule has 7 rings (SSSR count). The molecule has 3 fully saturated rings. The van der Waals surface area contributed by atoms with E-state index in [0.29, 0.717) is 80.8 Å². The molecule has 2 aliphatic heterocycles. The van der Waals surface area contributed by atoms with Gasteiger partial charge in [-0.25, -0.2) is 4.79 Å². The largest absolute Gasteiger partial charge is 0.457 e. The summed E-state index contributed by atoms with van der Waals surface area (Å²) >= 11 is 0. The second-order valence-corrected chi connectivity index (χ2v) is 13.1. The number of carbonyl (C=O) groups excluding carboxylic acids is 3. The molecular weight excluding hydrogens is 516 g/mol. The number of carbonyl (C=O) groups is 3. The summed E-state index contributed by atoms with van der Waals surface area (Å²) in [6.45, 7) is 5.26. The number of cyclic esters (lactones) is 1. The van der Waals surface area contributed by atoms with Crippen LogP contribution in [0.25, 0.3) is 0 Å². The average Bonchev–Trinajstić information content (AvgIpc) is 3.48. The average molecular weight is 557 g/mol. The highest BCUT2D eigenvalue weighted by molar-refractivity contribution is 5.94. The fourth-order valence-corrected chi connectivity index (χ4v) is 8.83. The standard InChI is InChI=1S/C34H40N2O5/c1-34-12-11-27-26-10-8-24(35-25-7-5-23-20-41-33(39)29(23)19-25)17-21(26)6-9-28(27)32(34)22(18-30(34)37)3-2-4-31(38)36-13-15-40-16-14-36/h5,7-8,10,17,19,22,27-28,32,35H,2-4,6,9,11-16,18,20H2,1H3/t22-,27+,28+,32-,34+/m0/s1. The van der Waals surface area contributed by atoms with Crippen LogP contribution in [0.15, 0.2) is 36.4 Å². The van der Waals surface area contributed by atoms with Gasteiger partial charge in [-0.2, -0.15) is 0 Å². The second kappa shape index (κ2) is 10.6. The molecule has 0 radical (unpaired) electrons. The van der Waals surface area contributed by atoms with E-state index in [-0.39, 0.29) is 17.3 Å². The van der Waals surface area contributed by atoms with E-state index >= 15 is 0 Å². The Balaban J connectivity index is 1.05. The van der Waals surface area contributed by atoms with E-state index in [9.17, 15) is 14.4 Å². The Labute approximate surface area is 242 Å². The van der Waals surface area contributed by atoms with Gasteiger partial charge in [0.05, 0.1) is 18.8 Å². The van der Waals surface area contributed by atoms with E-state index in [1.54, 1.807) is 0 Å². The van der Waals surface area contributed by atoms with Crippen molar-refractivity contribution in [1.82, 2.24) is 4.90 Å². The van der Waals surface area contributed by atoms with E-state index in [0.717, 1.165) is 55.5 Å². The van der Waals surface area contributed by atoms with Crippen LogP contribution in [0.3, 0.4) is 0 Å². The number of rotatable bonds is 6. The summed E-state index contributed by atoms with van der Waals surface area (Å²) in [5.74, 6) is 2.23. The highest BCUT2D eigenvalue weighted by atomic mass is 16.5.